The molecule has 3 nitrogen and oxygen atoms in total. The molecular weight excluding hydrogens is 288 g/mol. The fraction of sp³-hybridized carbons (Fsp3) is 0.0500. The maximum atomic E-state index is 12.0. The molecule has 0 spiro atoms. The molecule has 3 rings (SSSR count). The highest BCUT2D eigenvalue weighted by Gasteiger charge is 2.00. The topological polar surface area (TPSA) is 39.4 Å². The number of rotatable bonds is 4. The fourth-order valence-electron chi connectivity index (χ4n) is 2.24. The van der Waals surface area contributed by atoms with Crippen molar-refractivity contribution in [3.63, 3.8) is 0 Å². The van der Waals surface area contributed by atoms with Crippen LogP contribution in [0.15, 0.2) is 76.0 Å². The molecule has 0 N–H and O–H groups in total. The third-order valence-corrected chi connectivity index (χ3v) is 3.43. The van der Waals surface area contributed by atoms with Crippen LogP contribution in [-0.4, -0.2) is 7.11 Å². The molecule has 0 saturated heterocycles. The zero-order valence-electron chi connectivity index (χ0n) is 12.7. The van der Waals surface area contributed by atoms with Crippen molar-refractivity contribution in [2.24, 2.45) is 0 Å². The second kappa shape index (κ2) is 6.79. The van der Waals surface area contributed by atoms with Gasteiger partial charge in [-0.15, -0.1) is 0 Å². The lowest BCUT2D eigenvalue weighted by Gasteiger charge is -1.98. The van der Waals surface area contributed by atoms with Crippen molar-refractivity contribution in [2.75, 3.05) is 7.11 Å². The van der Waals surface area contributed by atoms with Gasteiger partial charge in [0.1, 0.15) is 17.1 Å². The Labute approximate surface area is 134 Å². The van der Waals surface area contributed by atoms with Crippen LogP contribution < -0.4 is 10.2 Å². The Balaban J connectivity index is 1.77. The fourth-order valence-corrected chi connectivity index (χ4v) is 2.24. The predicted molar refractivity (Wildman–Crippen MR) is 93.5 cm³/mol. The van der Waals surface area contributed by atoms with E-state index in [1.165, 1.54) is 6.07 Å². The van der Waals surface area contributed by atoms with E-state index in [9.17, 15) is 4.79 Å². The highest BCUT2D eigenvalue weighted by molar-refractivity contribution is 5.77. The van der Waals surface area contributed by atoms with Gasteiger partial charge in [-0.25, -0.2) is 0 Å². The molecule has 0 unspecified atom stereocenters. The van der Waals surface area contributed by atoms with Crippen molar-refractivity contribution in [1.82, 2.24) is 0 Å². The average Bonchev–Trinajstić information content (AvgIpc) is 2.59. The lowest BCUT2D eigenvalue weighted by atomic mass is 10.2. The van der Waals surface area contributed by atoms with Crippen LogP contribution in [0.4, 0.5) is 0 Å². The normalized spacial score (nSPS) is 11.5. The van der Waals surface area contributed by atoms with E-state index in [1.54, 1.807) is 25.3 Å². The summed E-state index contributed by atoms with van der Waals surface area (Å²) in [5.74, 6) is 1.36. The second-order valence-corrected chi connectivity index (χ2v) is 5.00. The Morgan fingerprint density at radius 1 is 0.957 bits per heavy atom. The number of hydrogen-bond acceptors (Lipinski definition) is 3. The first-order valence-corrected chi connectivity index (χ1v) is 7.28. The Morgan fingerprint density at radius 2 is 1.70 bits per heavy atom. The maximum absolute atomic E-state index is 12.0. The number of hydrogen-bond donors (Lipinski definition) is 0. The molecule has 114 valence electrons. The highest BCUT2D eigenvalue weighted by Crippen LogP contribution is 2.14. The average molecular weight is 304 g/mol. The number of allylic oxidation sites excluding steroid dienone is 2. The Hall–Kier alpha value is -3.07. The van der Waals surface area contributed by atoms with Crippen molar-refractivity contribution >= 4 is 23.1 Å². The van der Waals surface area contributed by atoms with Crippen LogP contribution in [-0.2, 0) is 0 Å². The summed E-state index contributed by atoms with van der Waals surface area (Å²) >= 11 is 0. The molecule has 0 aliphatic carbocycles. The summed E-state index contributed by atoms with van der Waals surface area (Å²) in [6, 6.07) is 16.5. The van der Waals surface area contributed by atoms with Gasteiger partial charge >= 0.3 is 0 Å². The van der Waals surface area contributed by atoms with Gasteiger partial charge in [0.15, 0.2) is 5.43 Å². The molecule has 3 heteroatoms. The van der Waals surface area contributed by atoms with Gasteiger partial charge in [-0.05, 0) is 35.9 Å². The molecule has 0 atom stereocenters. The molecule has 0 radical (unpaired) electrons. The summed E-state index contributed by atoms with van der Waals surface area (Å²) in [6.07, 6.45) is 7.48. The van der Waals surface area contributed by atoms with Crippen molar-refractivity contribution in [2.45, 2.75) is 0 Å². The van der Waals surface area contributed by atoms with Crippen LogP contribution in [0.3, 0.4) is 0 Å². The number of methoxy groups -OCH3 is 1. The lowest BCUT2D eigenvalue weighted by molar-refractivity contribution is 0.415. The van der Waals surface area contributed by atoms with Gasteiger partial charge in [-0.3, -0.25) is 4.79 Å². The van der Waals surface area contributed by atoms with E-state index in [2.05, 4.69) is 0 Å². The van der Waals surface area contributed by atoms with E-state index in [1.807, 2.05) is 54.6 Å². The minimum absolute atomic E-state index is 0.0365. The van der Waals surface area contributed by atoms with Gasteiger partial charge in [0.2, 0.25) is 0 Å². The predicted octanol–water partition coefficient (Wildman–Crippen LogP) is 4.53. The first kappa shape index (κ1) is 14.9. The molecule has 0 aliphatic rings. The Bertz CT molecular complexity index is 916. The summed E-state index contributed by atoms with van der Waals surface area (Å²) in [6.45, 7) is 0. The molecular formula is C20H16O3. The molecule has 0 aliphatic heterocycles. The van der Waals surface area contributed by atoms with Gasteiger partial charge in [0.25, 0.3) is 0 Å². The molecule has 1 heterocycles. The van der Waals surface area contributed by atoms with E-state index in [0.29, 0.717) is 16.7 Å². The Morgan fingerprint density at radius 3 is 2.48 bits per heavy atom. The molecule has 2 aromatic carbocycles. The van der Waals surface area contributed by atoms with Crippen molar-refractivity contribution in [1.29, 1.82) is 0 Å². The second-order valence-electron chi connectivity index (χ2n) is 5.00. The summed E-state index contributed by atoms with van der Waals surface area (Å²) < 4.78 is 10.8. The minimum atomic E-state index is -0.0365. The standard InChI is InChI=1S/C20H16O3/c1-22-16-12-10-15(11-13-16)6-2-3-7-17-14-19(21)18-8-4-5-9-20(18)23-17/h2-14H,1H3/b6-2+,7-3+. The summed E-state index contributed by atoms with van der Waals surface area (Å²) in [4.78, 5) is 12.0. The number of ether oxygens (including phenoxy) is 1. The smallest absolute Gasteiger partial charge is 0.193 e. The summed E-state index contributed by atoms with van der Waals surface area (Å²) in [7, 11) is 1.64. The summed E-state index contributed by atoms with van der Waals surface area (Å²) in [5.41, 5.74) is 1.62. The lowest BCUT2D eigenvalue weighted by Crippen LogP contribution is -1.99. The number of benzene rings is 2. The van der Waals surface area contributed by atoms with Crippen LogP contribution in [0, 0.1) is 0 Å². The van der Waals surface area contributed by atoms with Crippen molar-refractivity contribution in [3.05, 3.63) is 88.3 Å². The quantitative estimate of drug-likeness (QED) is 0.665. The van der Waals surface area contributed by atoms with Crippen LogP contribution in [0.25, 0.3) is 23.1 Å². The zero-order valence-corrected chi connectivity index (χ0v) is 12.7. The SMILES string of the molecule is COc1ccc(/C=C/C=C/c2cc(=O)c3ccccc3o2)cc1. The van der Waals surface area contributed by atoms with Crippen LogP contribution in [0.2, 0.25) is 0 Å². The van der Waals surface area contributed by atoms with Crippen LogP contribution >= 0.6 is 0 Å². The molecule has 0 amide bonds. The molecule has 3 aromatic rings. The van der Waals surface area contributed by atoms with E-state index < -0.39 is 0 Å². The van der Waals surface area contributed by atoms with E-state index in [4.69, 9.17) is 9.15 Å². The molecule has 0 saturated carbocycles. The van der Waals surface area contributed by atoms with Crippen LogP contribution in [0.5, 0.6) is 5.75 Å². The summed E-state index contributed by atoms with van der Waals surface area (Å²) in [5, 5.41) is 0.596. The largest absolute Gasteiger partial charge is 0.497 e. The van der Waals surface area contributed by atoms with E-state index in [-0.39, 0.29) is 5.43 Å². The molecule has 0 fully saturated rings. The van der Waals surface area contributed by atoms with Gasteiger partial charge in [0.05, 0.1) is 12.5 Å². The zero-order chi connectivity index (χ0) is 16.1. The van der Waals surface area contributed by atoms with Crippen LogP contribution in [0.1, 0.15) is 11.3 Å². The monoisotopic (exact) mass is 304 g/mol. The Kier molecular flexibility index (Phi) is 4.39. The van der Waals surface area contributed by atoms with E-state index >= 15 is 0 Å². The van der Waals surface area contributed by atoms with Gasteiger partial charge in [-0.1, -0.05) is 42.5 Å². The first-order valence-electron chi connectivity index (χ1n) is 7.28. The first-order chi connectivity index (χ1) is 11.3. The third-order valence-electron chi connectivity index (χ3n) is 3.43. The van der Waals surface area contributed by atoms with Crippen molar-refractivity contribution < 1.29 is 9.15 Å². The number of para-hydroxylation sites is 1. The molecule has 0 bridgehead atoms. The van der Waals surface area contributed by atoms with Gasteiger partial charge in [-0.2, -0.15) is 0 Å². The number of fused-ring (bicyclic) bond motifs is 1. The van der Waals surface area contributed by atoms with Gasteiger partial charge in [0, 0.05) is 6.07 Å². The minimum Gasteiger partial charge on any atom is -0.497 e. The van der Waals surface area contributed by atoms with Gasteiger partial charge < -0.3 is 9.15 Å². The van der Waals surface area contributed by atoms with Crippen molar-refractivity contribution in [3.8, 4) is 5.75 Å². The van der Waals surface area contributed by atoms with E-state index in [0.717, 1.165) is 11.3 Å². The third kappa shape index (κ3) is 3.58. The maximum Gasteiger partial charge on any atom is 0.193 e. The molecule has 23 heavy (non-hydrogen) atoms. The highest BCUT2D eigenvalue weighted by atomic mass is 16.5. The molecule has 1 aromatic heterocycles.